The van der Waals surface area contributed by atoms with Crippen molar-refractivity contribution in [1.82, 2.24) is 0 Å². The van der Waals surface area contributed by atoms with Crippen LogP contribution in [0.25, 0.3) is 0 Å². The minimum Gasteiger partial charge on any atom is -0.497 e. The van der Waals surface area contributed by atoms with E-state index in [1.807, 2.05) is 0 Å². The van der Waals surface area contributed by atoms with Crippen molar-refractivity contribution in [3.8, 4) is 5.75 Å². The first-order valence-electron chi connectivity index (χ1n) is 5.68. The second kappa shape index (κ2) is 5.85. The Hall–Kier alpha value is -1.53. The number of ether oxygens (including phenoxy) is 1. The van der Waals surface area contributed by atoms with Gasteiger partial charge in [0.2, 0.25) is 0 Å². The van der Waals surface area contributed by atoms with Crippen LogP contribution in [0.1, 0.15) is 17.2 Å². The van der Waals surface area contributed by atoms with Crippen molar-refractivity contribution in [2.75, 3.05) is 7.11 Å². The number of halogens is 4. The van der Waals surface area contributed by atoms with E-state index in [2.05, 4.69) is 15.9 Å². The third-order valence-electron chi connectivity index (χ3n) is 2.92. The highest BCUT2D eigenvalue weighted by Crippen LogP contribution is 2.32. The Kier molecular flexibility index (Phi) is 4.35. The van der Waals surface area contributed by atoms with Gasteiger partial charge in [-0.1, -0.05) is 12.1 Å². The standard InChI is InChI=1S/C14H11BrF3NO/c1-20-7-5-10(17)12(11(18)6-7)14(19)8-3-2-4-9(16)13(8)15/h2-6,14H,19H2,1H3. The zero-order valence-corrected chi connectivity index (χ0v) is 12.0. The van der Waals surface area contributed by atoms with Crippen LogP contribution < -0.4 is 10.5 Å². The summed E-state index contributed by atoms with van der Waals surface area (Å²) in [5.74, 6) is -2.18. The van der Waals surface area contributed by atoms with Crippen LogP contribution in [-0.2, 0) is 0 Å². The third-order valence-corrected chi connectivity index (χ3v) is 3.75. The van der Waals surface area contributed by atoms with Crippen molar-refractivity contribution in [3.05, 3.63) is 63.4 Å². The molecule has 0 bridgehead atoms. The fraction of sp³-hybridized carbons (Fsp3) is 0.143. The van der Waals surface area contributed by atoms with E-state index in [1.165, 1.54) is 25.3 Å². The van der Waals surface area contributed by atoms with E-state index >= 15 is 0 Å². The van der Waals surface area contributed by atoms with E-state index in [9.17, 15) is 13.2 Å². The first-order chi connectivity index (χ1) is 9.45. The molecule has 20 heavy (non-hydrogen) atoms. The van der Waals surface area contributed by atoms with Crippen LogP contribution in [0.2, 0.25) is 0 Å². The van der Waals surface area contributed by atoms with Gasteiger partial charge < -0.3 is 10.5 Å². The first kappa shape index (κ1) is 14.9. The molecular formula is C14H11BrF3NO. The SMILES string of the molecule is COc1cc(F)c(C(N)c2cccc(F)c2Br)c(F)c1. The number of nitrogens with two attached hydrogens (primary N) is 1. The topological polar surface area (TPSA) is 35.2 Å². The van der Waals surface area contributed by atoms with Crippen molar-refractivity contribution in [2.24, 2.45) is 5.73 Å². The molecule has 1 atom stereocenters. The van der Waals surface area contributed by atoms with Crippen molar-refractivity contribution >= 4 is 15.9 Å². The maximum absolute atomic E-state index is 14.0. The molecule has 0 aliphatic rings. The molecule has 0 aliphatic heterocycles. The average Bonchev–Trinajstić information content (AvgIpc) is 2.40. The largest absolute Gasteiger partial charge is 0.497 e. The normalized spacial score (nSPS) is 12.3. The van der Waals surface area contributed by atoms with E-state index in [0.29, 0.717) is 0 Å². The molecule has 2 rings (SSSR count). The zero-order chi connectivity index (χ0) is 14.9. The molecular weight excluding hydrogens is 335 g/mol. The summed E-state index contributed by atoms with van der Waals surface area (Å²) in [6.07, 6.45) is 0. The summed E-state index contributed by atoms with van der Waals surface area (Å²) in [6.45, 7) is 0. The molecule has 2 nitrogen and oxygen atoms in total. The molecule has 2 N–H and O–H groups in total. The summed E-state index contributed by atoms with van der Waals surface area (Å²) in [6, 6.07) is 5.08. The summed E-state index contributed by atoms with van der Waals surface area (Å²) in [7, 11) is 1.30. The monoisotopic (exact) mass is 345 g/mol. The van der Waals surface area contributed by atoms with Gasteiger partial charge in [-0.2, -0.15) is 0 Å². The zero-order valence-electron chi connectivity index (χ0n) is 10.5. The predicted octanol–water partition coefficient (Wildman–Crippen LogP) is 3.92. The van der Waals surface area contributed by atoms with Crippen molar-refractivity contribution in [2.45, 2.75) is 6.04 Å². The van der Waals surface area contributed by atoms with Crippen molar-refractivity contribution in [3.63, 3.8) is 0 Å². The van der Waals surface area contributed by atoms with Gasteiger partial charge in [-0.15, -0.1) is 0 Å². The summed E-state index contributed by atoms with van der Waals surface area (Å²) in [4.78, 5) is 0. The van der Waals surface area contributed by atoms with Gasteiger partial charge in [0, 0.05) is 17.7 Å². The van der Waals surface area contributed by atoms with Crippen LogP contribution in [-0.4, -0.2) is 7.11 Å². The smallest absolute Gasteiger partial charge is 0.137 e. The minimum atomic E-state index is -1.13. The fourth-order valence-electron chi connectivity index (χ4n) is 1.89. The fourth-order valence-corrected chi connectivity index (χ4v) is 2.40. The van der Waals surface area contributed by atoms with E-state index in [-0.39, 0.29) is 21.3 Å². The first-order valence-corrected chi connectivity index (χ1v) is 6.47. The van der Waals surface area contributed by atoms with E-state index in [1.54, 1.807) is 0 Å². The summed E-state index contributed by atoms with van der Waals surface area (Å²) >= 11 is 3.03. The third kappa shape index (κ3) is 2.66. The van der Waals surface area contributed by atoms with Gasteiger partial charge in [-0.3, -0.25) is 0 Å². The lowest BCUT2D eigenvalue weighted by Crippen LogP contribution is -2.16. The molecule has 6 heteroatoms. The molecule has 0 aliphatic carbocycles. The molecule has 1 unspecified atom stereocenters. The maximum atomic E-state index is 14.0. The van der Waals surface area contributed by atoms with Crippen molar-refractivity contribution in [1.29, 1.82) is 0 Å². The summed E-state index contributed by atoms with van der Waals surface area (Å²) < 4.78 is 46.2. The highest BCUT2D eigenvalue weighted by molar-refractivity contribution is 9.10. The predicted molar refractivity (Wildman–Crippen MR) is 73.0 cm³/mol. The molecule has 0 radical (unpaired) electrons. The lowest BCUT2D eigenvalue weighted by atomic mass is 9.98. The highest BCUT2D eigenvalue weighted by atomic mass is 79.9. The molecule has 2 aromatic rings. The van der Waals surface area contributed by atoms with Crippen LogP contribution in [0.5, 0.6) is 5.75 Å². The lowest BCUT2D eigenvalue weighted by Gasteiger charge is -2.17. The highest BCUT2D eigenvalue weighted by Gasteiger charge is 2.22. The Labute approximate surface area is 122 Å². The van der Waals surface area contributed by atoms with E-state index < -0.39 is 23.5 Å². The molecule has 0 heterocycles. The number of hydrogen-bond acceptors (Lipinski definition) is 2. The number of hydrogen-bond donors (Lipinski definition) is 1. The second-order valence-electron chi connectivity index (χ2n) is 4.13. The number of benzene rings is 2. The Morgan fingerprint density at radius 1 is 1.10 bits per heavy atom. The molecule has 106 valence electrons. The van der Waals surface area contributed by atoms with Crippen LogP contribution in [0, 0.1) is 17.5 Å². The Morgan fingerprint density at radius 2 is 1.70 bits per heavy atom. The second-order valence-corrected chi connectivity index (χ2v) is 4.92. The van der Waals surface area contributed by atoms with Gasteiger partial charge >= 0.3 is 0 Å². The van der Waals surface area contributed by atoms with E-state index in [0.717, 1.165) is 12.1 Å². The van der Waals surface area contributed by atoms with Gasteiger partial charge in [-0.25, -0.2) is 13.2 Å². The molecule has 0 saturated carbocycles. The summed E-state index contributed by atoms with van der Waals surface area (Å²) in [5.41, 5.74) is 5.78. The molecule has 2 aromatic carbocycles. The average molecular weight is 346 g/mol. The number of methoxy groups -OCH3 is 1. The van der Waals surface area contributed by atoms with Crippen LogP contribution in [0.4, 0.5) is 13.2 Å². The quantitative estimate of drug-likeness (QED) is 0.914. The Balaban J connectivity index is 2.54. The Bertz CT molecular complexity index is 625. The van der Waals surface area contributed by atoms with E-state index in [4.69, 9.17) is 10.5 Å². The molecule has 0 fully saturated rings. The number of rotatable bonds is 3. The van der Waals surface area contributed by atoms with Gasteiger partial charge in [-0.05, 0) is 27.6 Å². The van der Waals surface area contributed by atoms with Crippen LogP contribution >= 0.6 is 15.9 Å². The molecule has 0 aromatic heterocycles. The summed E-state index contributed by atoms with van der Waals surface area (Å²) in [5, 5.41) is 0. The Morgan fingerprint density at radius 3 is 2.25 bits per heavy atom. The minimum absolute atomic E-state index is 0.0502. The van der Waals surface area contributed by atoms with Crippen LogP contribution in [0.3, 0.4) is 0 Å². The van der Waals surface area contributed by atoms with Gasteiger partial charge in [0.05, 0.1) is 17.6 Å². The molecule has 0 saturated heterocycles. The maximum Gasteiger partial charge on any atom is 0.137 e. The van der Waals surface area contributed by atoms with Gasteiger partial charge in [0.15, 0.2) is 0 Å². The molecule has 0 spiro atoms. The molecule has 0 amide bonds. The van der Waals surface area contributed by atoms with Gasteiger partial charge in [0.1, 0.15) is 23.2 Å². The van der Waals surface area contributed by atoms with Gasteiger partial charge in [0.25, 0.3) is 0 Å². The van der Waals surface area contributed by atoms with Crippen molar-refractivity contribution < 1.29 is 17.9 Å². The van der Waals surface area contributed by atoms with Crippen LogP contribution in [0.15, 0.2) is 34.8 Å². The lowest BCUT2D eigenvalue weighted by molar-refractivity contribution is 0.404.